The van der Waals surface area contributed by atoms with Crippen LogP contribution in [0.5, 0.6) is 0 Å². The van der Waals surface area contributed by atoms with Gasteiger partial charge in [0.25, 0.3) is 0 Å². The molecule has 2 rings (SSSR count). The molecular weight excluding hydrogens is 236 g/mol. The number of rotatable bonds is 4. The van der Waals surface area contributed by atoms with Crippen LogP contribution in [0.1, 0.15) is 37.0 Å². The molecular formula is C16H24N2O. The van der Waals surface area contributed by atoms with E-state index in [0.717, 1.165) is 31.5 Å². The van der Waals surface area contributed by atoms with Crippen molar-refractivity contribution in [3.05, 3.63) is 29.8 Å². The van der Waals surface area contributed by atoms with Crippen LogP contribution in [0.2, 0.25) is 0 Å². The van der Waals surface area contributed by atoms with E-state index >= 15 is 0 Å². The van der Waals surface area contributed by atoms with Gasteiger partial charge in [0.1, 0.15) is 0 Å². The predicted molar refractivity (Wildman–Crippen MR) is 79.2 cm³/mol. The van der Waals surface area contributed by atoms with Gasteiger partial charge in [-0.3, -0.25) is 4.79 Å². The Labute approximate surface area is 115 Å². The smallest absolute Gasteiger partial charge is 0.166 e. The van der Waals surface area contributed by atoms with Crippen molar-refractivity contribution < 1.29 is 4.79 Å². The molecule has 3 heteroatoms. The molecule has 3 nitrogen and oxygen atoms in total. The first kappa shape index (κ1) is 14.1. The van der Waals surface area contributed by atoms with Crippen LogP contribution in [-0.2, 0) is 0 Å². The van der Waals surface area contributed by atoms with Crippen LogP contribution in [0.4, 0.5) is 5.69 Å². The van der Waals surface area contributed by atoms with Gasteiger partial charge < -0.3 is 10.6 Å². The SMILES string of the molecule is CC1CC(C)CN(CCC(=O)c2ccccc2N)C1. The summed E-state index contributed by atoms with van der Waals surface area (Å²) >= 11 is 0. The van der Waals surface area contributed by atoms with E-state index in [1.54, 1.807) is 6.07 Å². The summed E-state index contributed by atoms with van der Waals surface area (Å²) in [6, 6.07) is 7.34. The summed E-state index contributed by atoms with van der Waals surface area (Å²) in [7, 11) is 0. The van der Waals surface area contributed by atoms with Crippen molar-refractivity contribution in [1.29, 1.82) is 0 Å². The minimum atomic E-state index is 0.156. The number of piperidine rings is 1. The van der Waals surface area contributed by atoms with Crippen LogP contribution in [0, 0.1) is 11.8 Å². The molecule has 104 valence electrons. The molecule has 0 aromatic heterocycles. The molecule has 0 amide bonds. The van der Waals surface area contributed by atoms with Crippen molar-refractivity contribution >= 4 is 11.5 Å². The number of Topliss-reactive ketones (excluding diaryl/α,β-unsaturated/α-hetero) is 1. The van der Waals surface area contributed by atoms with Gasteiger partial charge in [-0.05, 0) is 30.4 Å². The molecule has 2 N–H and O–H groups in total. The number of anilines is 1. The average Bonchev–Trinajstić information content (AvgIpc) is 2.35. The molecule has 1 aromatic rings. The Bertz CT molecular complexity index is 434. The first-order valence-corrected chi connectivity index (χ1v) is 7.16. The number of ketones is 1. The first-order valence-electron chi connectivity index (χ1n) is 7.16. The summed E-state index contributed by atoms with van der Waals surface area (Å²) in [6.07, 6.45) is 1.86. The molecule has 0 spiro atoms. The Morgan fingerprint density at radius 2 is 1.89 bits per heavy atom. The summed E-state index contributed by atoms with van der Waals surface area (Å²) in [6.45, 7) is 7.66. The summed E-state index contributed by atoms with van der Waals surface area (Å²) < 4.78 is 0. The lowest BCUT2D eigenvalue weighted by molar-refractivity contribution is 0.0927. The van der Waals surface area contributed by atoms with Crippen LogP contribution in [0.15, 0.2) is 24.3 Å². The average molecular weight is 260 g/mol. The number of nitrogens with two attached hydrogens (primary N) is 1. The van der Waals surface area contributed by atoms with Crippen molar-refractivity contribution in [3.63, 3.8) is 0 Å². The molecule has 0 aliphatic carbocycles. The third-order valence-electron chi connectivity index (χ3n) is 3.86. The lowest BCUT2D eigenvalue weighted by Gasteiger charge is -2.34. The number of hydrogen-bond donors (Lipinski definition) is 1. The summed E-state index contributed by atoms with van der Waals surface area (Å²) in [4.78, 5) is 14.6. The standard InChI is InChI=1S/C16H24N2O/c1-12-9-13(2)11-18(10-12)8-7-16(19)14-5-3-4-6-15(14)17/h3-6,12-13H,7-11,17H2,1-2H3. The van der Waals surface area contributed by atoms with E-state index in [4.69, 9.17) is 5.73 Å². The van der Waals surface area contributed by atoms with Gasteiger partial charge >= 0.3 is 0 Å². The normalized spacial score (nSPS) is 24.3. The van der Waals surface area contributed by atoms with Crippen molar-refractivity contribution in [2.75, 3.05) is 25.4 Å². The monoisotopic (exact) mass is 260 g/mol. The zero-order valence-corrected chi connectivity index (χ0v) is 11.9. The van der Waals surface area contributed by atoms with E-state index in [1.165, 1.54) is 6.42 Å². The van der Waals surface area contributed by atoms with E-state index in [2.05, 4.69) is 18.7 Å². The molecule has 1 fully saturated rings. The Morgan fingerprint density at radius 1 is 1.26 bits per heavy atom. The van der Waals surface area contributed by atoms with Gasteiger partial charge in [0.05, 0.1) is 0 Å². The zero-order chi connectivity index (χ0) is 13.8. The number of likely N-dealkylation sites (tertiary alicyclic amines) is 1. The Kier molecular flexibility index (Phi) is 4.59. The van der Waals surface area contributed by atoms with Crippen molar-refractivity contribution in [2.24, 2.45) is 11.8 Å². The van der Waals surface area contributed by atoms with E-state index in [1.807, 2.05) is 18.2 Å². The van der Waals surface area contributed by atoms with Gasteiger partial charge in [0.15, 0.2) is 5.78 Å². The van der Waals surface area contributed by atoms with E-state index in [-0.39, 0.29) is 5.78 Å². The molecule has 0 radical (unpaired) electrons. The molecule has 1 aliphatic heterocycles. The maximum Gasteiger partial charge on any atom is 0.166 e. The van der Waals surface area contributed by atoms with Crippen molar-refractivity contribution in [1.82, 2.24) is 4.90 Å². The lowest BCUT2D eigenvalue weighted by Crippen LogP contribution is -2.39. The molecule has 0 bridgehead atoms. The van der Waals surface area contributed by atoms with Gasteiger partial charge in [-0.2, -0.15) is 0 Å². The summed E-state index contributed by atoms with van der Waals surface area (Å²) in [5.74, 6) is 1.63. The largest absolute Gasteiger partial charge is 0.398 e. The molecule has 1 aromatic carbocycles. The summed E-state index contributed by atoms with van der Waals surface area (Å²) in [5, 5.41) is 0. The van der Waals surface area contributed by atoms with Gasteiger partial charge in [0, 0.05) is 37.3 Å². The van der Waals surface area contributed by atoms with Gasteiger partial charge in [-0.15, -0.1) is 0 Å². The fraction of sp³-hybridized carbons (Fsp3) is 0.562. The Hall–Kier alpha value is -1.35. The Balaban J connectivity index is 1.89. The predicted octanol–water partition coefficient (Wildman–Crippen LogP) is 2.82. The molecule has 1 saturated heterocycles. The lowest BCUT2D eigenvalue weighted by atomic mass is 9.91. The molecule has 1 heterocycles. The zero-order valence-electron chi connectivity index (χ0n) is 11.9. The summed E-state index contributed by atoms with van der Waals surface area (Å²) in [5.41, 5.74) is 7.10. The highest BCUT2D eigenvalue weighted by Gasteiger charge is 2.22. The second kappa shape index (κ2) is 6.20. The van der Waals surface area contributed by atoms with Gasteiger partial charge in [-0.1, -0.05) is 26.0 Å². The second-order valence-electron chi connectivity index (χ2n) is 5.97. The highest BCUT2D eigenvalue weighted by Crippen LogP contribution is 2.21. The van der Waals surface area contributed by atoms with Crippen molar-refractivity contribution in [2.45, 2.75) is 26.7 Å². The maximum atomic E-state index is 12.2. The number of carbonyl (C=O) groups excluding carboxylic acids is 1. The van der Waals surface area contributed by atoms with Crippen LogP contribution >= 0.6 is 0 Å². The Morgan fingerprint density at radius 3 is 2.53 bits per heavy atom. The first-order chi connectivity index (χ1) is 9.06. The maximum absolute atomic E-state index is 12.2. The molecule has 19 heavy (non-hydrogen) atoms. The number of hydrogen-bond acceptors (Lipinski definition) is 3. The highest BCUT2D eigenvalue weighted by molar-refractivity contribution is 6.00. The molecule has 0 saturated carbocycles. The van der Waals surface area contributed by atoms with Crippen molar-refractivity contribution in [3.8, 4) is 0 Å². The minimum Gasteiger partial charge on any atom is -0.398 e. The number of benzene rings is 1. The van der Waals surface area contributed by atoms with E-state index in [0.29, 0.717) is 17.7 Å². The van der Waals surface area contributed by atoms with Gasteiger partial charge in [-0.25, -0.2) is 0 Å². The molecule has 1 aliphatic rings. The fourth-order valence-electron chi connectivity index (χ4n) is 3.12. The fourth-order valence-corrected chi connectivity index (χ4v) is 3.12. The topological polar surface area (TPSA) is 46.3 Å². The third kappa shape index (κ3) is 3.80. The van der Waals surface area contributed by atoms with Crippen LogP contribution < -0.4 is 5.73 Å². The van der Waals surface area contributed by atoms with Crippen LogP contribution in [0.3, 0.4) is 0 Å². The molecule has 2 unspecified atom stereocenters. The third-order valence-corrected chi connectivity index (χ3v) is 3.86. The highest BCUT2D eigenvalue weighted by atomic mass is 16.1. The van der Waals surface area contributed by atoms with E-state index in [9.17, 15) is 4.79 Å². The second-order valence-corrected chi connectivity index (χ2v) is 5.97. The number of para-hydroxylation sites is 1. The quantitative estimate of drug-likeness (QED) is 0.669. The molecule has 2 atom stereocenters. The number of nitrogens with zero attached hydrogens (tertiary/aromatic N) is 1. The number of nitrogen functional groups attached to an aromatic ring is 1. The van der Waals surface area contributed by atoms with Crippen LogP contribution in [-0.4, -0.2) is 30.3 Å². The minimum absolute atomic E-state index is 0.156. The van der Waals surface area contributed by atoms with Crippen LogP contribution in [0.25, 0.3) is 0 Å². The van der Waals surface area contributed by atoms with E-state index < -0.39 is 0 Å². The number of carbonyl (C=O) groups is 1. The van der Waals surface area contributed by atoms with Gasteiger partial charge in [0.2, 0.25) is 0 Å².